The Hall–Kier alpha value is -1.46. The number of aromatic nitrogens is 1. The summed E-state index contributed by atoms with van der Waals surface area (Å²) < 4.78 is 5.08. The first-order valence-corrected chi connectivity index (χ1v) is 7.64. The Bertz CT molecular complexity index is 593. The first kappa shape index (κ1) is 14.9. The zero-order valence-electron chi connectivity index (χ0n) is 11.3. The van der Waals surface area contributed by atoms with Crippen LogP contribution in [-0.2, 0) is 10.5 Å². The molecule has 0 saturated heterocycles. The second kappa shape index (κ2) is 6.81. The average molecular weight is 311 g/mol. The molecule has 0 fully saturated rings. The molecule has 1 amide bonds. The van der Waals surface area contributed by atoms with E-state index in [0.717, 1.165) is 17.0 Å². The smallest absolute Gasteiger partial charge is 0.234 e. The van der Waals surface area contributed by atoms with E-state index in [1.165, 1.54) is 11.8 Å². The van der Waals surface area contributed by atoms with Crippen molar-refractivity contribution in [2.24, 2.45) is 0 Å². The fraction of sp³-hybridized carbons (Fsp3) is 0.286. The van der Waals surface area contributed by atoms with Gasteiger partial charge >= 0.3 is 0 Å². The minimum absolute atomic E-state index is 0.0518. The predicted molar refractivity (Wildman–Crippen MR) is 82.2 cm³/mol. The first-order chi connectivity index (χ1) is 9.56. The van der Waals surface area contributed by atoms with Gasteiger partial charge in [-0.25, -0.2) is 0 Å². The summed E-state index contributed by atoms with van der Waals surface area (Å²) in [6.07, 6.45) is 0. The molecule has 0 unspecified atom stereocenters. The lowest BCUT2D eigenvalue weighted by Gasteiger charge is -2.05. The number of carbonyl (C=O) groups is 1. The molecule has 2 rings (SSSR count). The van der Waals surface area contributed by atoms with Gasteiger partial charge in [0.1, 0.15) is 5.76 Å². The Balaban J connectivity index is 1.81. The van der Waals surface area contributed by atoms with Crippen molar-refractivity contribution >= 4 is 35.0 Å². The summed E-state index contributed by atoms with van der Waals surface area (Å²) in [6.45, 7) is 3.78. The van der Waals surface area contributed by atoms with Gasteiger partial charge in [-0.2, -0.15) is 0 Å². The van der Waals surface area contributed by atoms with Crippen LogP contribution in [0.3, 0.4) is 0 Å². The molecule has 0 aliphatic carbocycles. The van der Waals surface area contributed by atoms with Gasteiger partial charge in [0.05, 0.1) is 11.4 Å². The number of benzene rings is 1. The van der Waals surface area contributed by atoms with Gasteiger partial charge in [-0.1, -0.05) is 22.8 Å². The summed E-state index contributed by atoms with van der Waals surface area (Å²) in [4.78, 5) is 11.8. The van der Waals surface area contributed by atoms with E-state index in [4.69, 9.17) is 16.1 Å². The molecule has 0 atom stereocenters. The van der Waals surface area contributed by atoms with Crippen LogP contribution in [0.15, 0.2) is 28.8 Å². The Kier molecular flexibility index (Phi) is 5.09. The molecule has 106 valence electrons. The van der Waals surface area contributed by atoms with Gasteiger partial charge in [0.2, 0.25) is 5.91 Å². The summed E-state index contributed by atoms with van der Waals surface area (Å²) >= 11 is 7.39. The van der Waals surface area contributed by atoms with Crippen molar-refractivity contribution in [3.8, 4) is 0 Å². The van der Waals surface area contributed by atoms with E-state index in [2.05, 4.69) is 10.5 Å². The molecule has 0 spiro atoms. The minimum Gasteiger partial charge on any atom is -0.361 e. The summed E-state index contributed by atoms with van der Waals surface area (Å²) in [7, 11) is 0. The standard InChI is InChI=1S/C14H15ClN2O2S/c1-9-13(10(2)19-17-9)7-20-8-14(18)16-12-5-3-4-11(15)6-12/h3-6H,7-8H2,1-2H3,(H,16,18). The maximum Gasteiger partial charge on any atom is 0.234 e. The lowest BCUT2D eigenvalue weighted by atomic mass is 10.2. The van der Waals surface area contributed by atoms with Crippen molar-refractivity contribution in [1.82, 2.24) is 5.16 Å². The molecule has 6 heteroatoms. The molecule has 0 radical (unpaired) electrons. The average Bonchev–Trinajstić information content (AvgIpc) is 2.70. The number of halogens is 1. The highest BCUT2D eigenvalue weighted by Crippen LogP contribution is 2.20. The number of nitrogens with one attached hydrogen (secondary N) is 1. The normalized spacial score (nSPS) is 10.6. The molecule has 0 bridgehead atoms. The van der Waals surface area contributed by atoms with Crippen LogP contribution in [0, 0.1) is 13.8 Å². The number of anilines is 1. The highest BCUT2D eigenvalue weighted by Gasteiger charge is 2.10. The third-order valence-corrected chi connectivity index (χ3v) is 3.96. The lowest BCUT2D eigenvalue weighted by molar-refractivity contribution is -0.113. The molecule has 0 aliphatic heterocycles. The fourth-order valence-electron chi connectivity index (χ4n) is 1.72. The van der Waals surface area contributed by atoms with Crippen LogP contribution in [0.5, 0.6) is 0 Å². The lowest BCUT2D eigenvalue weighted by Crippen LogP contribution is -2.14. The molecular weight excluding hydrogens is 296 g/mol. The van der Waals surface area contributed by atoms with Crippen molar-refractivity contribution in [3.63, 3.8) is 0 Å². The molecule has 1 N–H and O–H groups in total. The van der Waals surface area contributed by atoms with E-state index in [9.17, 15) is 4.79 Å². The van der Waals surface area contributed by atoms with E-state index in [0.29, 0.717) is 22.2 Å². The molecule has 0 saturated carbocycles. The van der Waals surface area contributed by atoms with Crippen LogP contribution in [0.4, 0.5) is 5.69 Å². The van der Waals surface area contributed by atoms with Crippen molar-refractivity contribution in [3.05, 3.63) is 46.3 Å². The van der Waals surface area contributed by atoms with Crippen LogP contribution in [-0.4, -0.2) is 16.8 Å². The van der Waals surface area contributed by atoms with Crippen molar-refractivity contribution in [2.75, 3.05) is 11.1 Å². The van der Waals surface area contributed by atoms with Gasteiger partial charge in [0, 0.05) is 22.0 Å². The summed E-state index contributed by atoms with van der Waals surface area (Å²) in [5, 5.41) is 7.30. The molecule has 1 aromatic heterocycles. The third-order valence-electron chi connectivity index (χ3n) is 2.77. The van der Waals surface area contributed by atoms with E-state index >= 15 is 0 Å². The minimum atomic E-state index is -0.0518. The van der Waals surface area contributed by atoms with Gasteiger partial charge in [0.15, 0.2) is 0 Å². The van der Waals surface area contributed by atoms with E-state index < -0.39 is 0 Å². The van der Waals surface area contributed by atoms with Gasteiger partial charge < -0.3 is 9.84 Å². The first-order valence-electron chi connectivity index (χ1n) is 6.11. The highest BCUT2D eigenvalue weighted by atomic mass is 35.5. The number of nitrogens with zero attached hydrogens (tertiary/aromatic N) is 1. The van der Waals surface area contributed by atoms with Crippen molar-refractivity contribution in [1.29, 1.82) is 0 Å². The molecule has 2 aromatic rings. The van der Waals surface area contributed by atoms with Gasteiger partial charge in [-0.15, -0.1) is 11.8 Å². The molecule has 4 nitrogen and oxygen atoms in total. The van der Waals surface area contributed by atoms with Crippen LogP contribution in [0.2, 0.25) is 5.02 Å². The van der Waals surface area contributed by atoms with Crippen LogP contribution >= 0.6 is 23.4 Å². The summed E-state index contributed by atoms with van der Waals surface area (Å²) in [6, 6.07) is 7.10. The molecule has 20 heavy (non-hydrogen) atoms. The van der Waals surface area contributed by atoms with Crippen LogP contribution in [0.25, 0.3) is 0 Å². The SMILES string of the molecule is Cc1noc(C)c1CSCC(=O)Nc1cccc(Cl)c1. The zero-order valence-corrected chi connectivity index (χ0v) is 12.8. The number of aryl methyl sites for hydroxylation is 2. The second-order valence-corrected chi connectivity index (χ2v) is 5.78. The Labute approximate surface area is 126 Å². The molecular formula is C14H15ClN2O2S. The maximum absolute atomic E-state index is 11.8. The molecule has 1 aromatic carbocycles. The van der Waals surface area contributed by atoms with E-state index in [1.807, 2.05) is 19.9 Å². The van der Waals surface area contributed by atoms with Crippen LogP contribution < -0.4 is 5.32 Å². The molecule has 0 aliphatic rings. The van der Waals surface area contributed by atoms with E-state index in [1.54, 1.807) is 18.2 Å². The number of hydrogen-bond acceptors (Lipinski definition) is 4. The summed E-state index contributed by atoms with van der Waals surface area (Å²) in [5.74, 6) is 1.84. The Morgan fingerprint density at radius 3 is 2.90 bits per heavy atom. The topological polar surface area (TPSA) is 55.1 Å². The van der Waals surface area contributed by atoms with Crippen LogP contribution in [0.1, 0.15) is 17.0 Å². The Morgan fingerprint density at radius 2 is 2.25 bits per heavy atom. The second-order valence-electron chi connectivity index (χ2n) is 4.35. The monoisotopic (exact) mass is 310 g/mol. The van der Waals surface area contributed by atoms with Gasteiger partial charge in [-0.3, -0.25) is 4.79 Å². The number of hydrogen-bond donors (Lipinski definition) is 1. The van der Waals surface area contributed by atoms with E-state index in [-0.39, 0.29) is 5.91 Å². The largest absolute Gasteiger partial charge is 0.361 e. The molecule has 1 heterocycles. The maximum atomic E-state index is 11.8. The van der Waals surface area contributed by atoms with Crippen molar-refractivity contribution < 1.29 is 9.32 Å². The highest BCUT2D eigenvalue weighted by molar-refractivity contribution is 7.99. The number of amides is 1. The summed E-state index contributed by atoms with van der Waals surface area (Å²) in [5.41, 5.74) is 2.65. The van der Waals surface area contributed by atoms with Gasteiger partial charge in [0.25, 0.3) is 0 Å². The Morgan fingerprint density at radius 1 is 1.45 bits per heavy atom. The number of rotatable bonds is 5. The number of thioether (sulfide) groups is 1. The predicted octanol–water partition coefficient (Wildman–Crippen LogP) is 3.82. The zero-order chi connectivity index (χ0) is 14.5. The van der Waals surface area contributed by atoms with Gasteiger partial charge in [-0.05, 0) is 32.0 Å². The fourth-order valence-corrected chi connectivity index (χ4v) is 2.88. The van der Waals surface area contributed by atoms with Crippen molar-refractivity contribution in [2.45, 2.75) is 19.6 Å². The quantitative estimate of drug-likeness (QED) is 0.912. The number of carbonyl (C=O) groups excluding carboxylic acids is 1. The third kappa shape index (κ3) is 4.02.